The molecule has 7 heteroatoms. The van der Waals surface area contributed by atoms with Crippen molar-refractivity contribution in [3.8, 4) is 5.69 Å². The molecule has 0 unspecified atom stereocenters. The number of rotatable bonds is 5. The average Bonchev–Trinajstić information content (AvgIpc) is 3.30. The minimum Gasteiger partial charge on any atom is -0.352 e. The molecule has 0 saturated carbocycles. The number of hydrogen-bond donors (Lipinski definition) is 1. The van der Waals surface area contributed by atoms with E-state index in [0.29, 0.717) is 11.7 Å². The van der Waals surface area contributed by atoms with Gasteiger partial charge in [-0.05, 0) is 80.2 Å². The van der Waals surface area contributed by atoms with Crippen LogP contribution in [0.15, 0.2) is 83.6 Å². The molecule has 0 bridgehead atoms. The smallest absolute Gasteiger partial charge is 0.170 e. The molecule has 1 aliphatic heterocycles. The lowest BCUT2D eigenvalue weighted by Gasteiger charge is -2.28. The molecule has 5 rings (SSSR count). The van der Waals surface area contributed by atoms with Gasteiger partial charge in [0.25, 0.3) is 0 Å². The molecule has 1 N–H and O–H groups in total. The van der Waals surface area contributed by atoms with Crippen molar-refractivity contribution in [3.05, 3.63) is 112 Å². The molecule has 5 nitrogen and oxygen atoms in total. The summed E-state index contributed by atoms with van der Waals surface area (Å²) >= 11 is 9.45. The van der Waals surface area contributed by atoms with E-state index < -0.39 is 0 Å². The molecule has 33 heavy (non-hydrogen) atoms. The van der Waals surface area contributed by atoms with Crippen LogP contribution in [-0.2, 0) is 6.54 Å². The SMILES string of the molecule is Cc1cc([C@@H]2[C@H](c3ccccn3)NC(=S)N2Cc2ccccn2)c(C)n1-c1cccc(Br)c1. The Labute approximate surface area is 207 Å². The van der Waals surface area contributed by atoms with Crippen LogP contribution < -0.4 is 5.32 Å². The predicted octanol–water partition coefficient (Wildman–Crippen LogP) is 5.82. The quantitative estimate of drug-likeness (QED) is 0.338. The first-order chi connectivity index (χ1) is 16.0. The van der Waals surface area contributed by atoms with Gasteiger partial charge >= 0.3 is 0 Å². The summed E-state index contributed by atoms with van der Waals surface area (Å²) in [7, 11) is 0. The zero-order valence-electron chi connectivity index (χ0n) is 18.4. The van der Waals surface area contributed by atoms with E-state index >= 15 is 0 Å². The second-order valence-electron chi connectivity index (χ2n) is 8.22. The normalized spacial score (nSPS) is 17.9. The molecule has 3 aromatic heterocycles. The highest BCUT2D eigenvalue weighted by Gasteiger charge is 2.41. The van der Waals surface area contributed by atoms with E-state index in [0.717, 1.165) is 21.5 Å². The van der Waals surface area contributed by atoms with Gasteiger partial charge in [-0.15, -0.1) is 0 Å². The number of benzene rings is 1. The summed E-state index contributed by atoms with van der Waals surface area (Å²) < 4.78 is 3.36. The van der Waals surface area contributed by atoms with E-state index in [2.05, 4.69) is 84.9 Å². The lowest BCUT2D eigenvalue weighted by Crippen LogP contribution is -2.29. The zero-order chi connectivity index (χ0) is 22.9. The summed E-state index contributed by atoms with van der Waals surface area (Å²) in [6.07, 6.45) is 3.66. The molecule has 1 saturated heterocycles. The number of nitrogens with zero attached hydrogens (tertiary/aromatic N) is 4. The van der Waals surface area contributed by atoms with E-state index in [1.54, 1.807) is 0 Å². The molecule has 0 amide bonds. The fraction of sp³-hybridized carbons (Fsp3) is 0.192. The molecule has 166 valence electrons. The van der Waals surface area contributed by atoms with Gasteiger partial charge in [0.05, 0.1) is 30.0 Å². The Morgan fingerprint density at radius 1 is 0.970 bits per heavy atom. The predicted molar refractivity (Wildman–Crippen MR) is 138 cm³/mol. The molecule has 4 heterocycles. The van der Waals surface area contributed by atoms with Gasteiger partial charge in [-0.3, -0.25) is 9.97 Å². The van der Waals surface area contributed by atoms with Crippen molar-refractivity contribution in [3.63, 3.8) is 0 Å². The first-order valence-corrected chi connectivity index (χ1v) is 12.1. The van der Waals surface area contributed by atoms with E-state index in [9.17, 15) is 0 Å². The Morgan fingerprint density at radius 2 is 1.76 bits per heavy atom. The Kier molecular flexibility index (Phi) is 6.00. The topological polar surface area (TPSA) is 46.0 Å². The summed E-state index contributed by atoms with van der Waals surface area (Å²) in [6, 6.07) is 22.6. The second kappa shape index (κ2) is 9.08. The maximum absolute atomic E-state index is 5.83. The third-order valence-corrected chi connectivity index (χ3v) is 6.96. The Balaban J connectivity index is 1.62. The van der Waals surface area contributed by atoms with Crippen molar-refractivity contribution in [2.45, 2.75) is 32.5 Å². The van der Waals surface area contributed by atoms with Crippen molar-refractivity contribution in [2.24, 2.45) is 0 Å². The van der Waals surface area contributed by atoms with Crippen molar-refractivity contribution in [2.75, 3.05) is 0 Å². The molecule has 0 radical (unpaired) electrons. The number of aromatic nitrogens is 3. The van der Waals surface area contributed by atoms with Crippen molar-refractivity contribution in [1.29, 1.82) is 0 Å². The zero-order valence-corrected chi connectivity index (χ0v) is 20.8. The maximum atomic E-state index is 5.83. The van der Waals surface area contributed by atoms with E-state index in [4.69, 9.17) is 12.2 Å². The van der Waals surface area contributed by atoms with Gasteiger partial charge < -0.3 is 14.8 Å². The summed E-state index contributed by atoms with van der Waals surface area (Å²) in [5, 5.41) is 4.26. The van der Waals surface area contributed by atoms with Gasteiger partial charge in [-0.25, -0.2) is 0 Å². The van der Waals surface area contributed by atoms with Crippen molar-refractivity contribution in [1.82, 2.24) is 24.8 Å². The first kappa shape index (κ1) is 21.8. The summed E-state index contributed by atoms with van der Waals surface area (Å²) in [5.74, 6) is 0. The van der Waals surface area contributed by atoms with Crippen LogP contribution in [0.4, 0.5) is 0 Å². The van der Waals surface area contributed by atoms with E-state index in [-0.39, 0.29) is 12.1 Å². The molecule has 2 atom stereocenters. The largest absolute Gasteiger partial charge is 0.352 e. The maximum Gasteiger partial charge on any atom is 0.170 e. The molecule has 1 fully saturated rings. The monoisotopic (exact) mass is 517 g/mol. The standard InChI is InChI=1S/C26H24BrN5S/c1-17-14-22(18(2)32(17)21-10-7-8-19(27)15-21)25-24(23-11-4-6-13-29-23)30-26(33)31(25)16-20-9-3-5-12-28-20/h3-15,24-25H,16H2,1-2H3,(H,30,33)/t24-,25+/m0/s1. The summed E-state index contributed by atoms with van der Waals surface area (Å²) in [6.45, 7) is 4.96. The van der Waals surface area contributed by atoms with Crippen LogP contribution >= 0.6 is 28.1 Å². The molecule has 1 aliphatic rings. The number of halogens is 1. The lowest BCUT2D eigenvalue weighted by molar-refractivity contribution is 0.307. The van der Waals surface area contributed by atoms with Crippen LogP contribution in [0.1, 0.15) is 40.4 Å². The Morgan fingerprint density at radius 3 is 2.45 bits per heavy atom. The average molecular weight is 518 g/mol. The van der Waals surface area contributed by atoms with Crippen LogP contribution in [0.2, 0.25) is 0 Å². The third-order valence-electron chi connectivity index (χ3n) is 6.11. The number of aryl methyl sites for hydroxylation is 1. The fourth-order valence-electron chi connectivity index (χ4n) is 4.68. The molecule has 4 aromatic rings. The second-order valence-corrected chi connectivity index (χ2v) is 9.52. The van der Waals surface area contributed by atoms with Crippen molar-refractivity contribution < 1.29 is 0 Å². The number of nitrogens with one attached hydrogen (secondary N) is 1. The minimum atomic E-state index is -0.0566. The number of thiocarbonyl (C=S) groups is 1. The van der Waals surface area contributed by atoms with Gasteiger partial charge in [0.1, 0.15) is 0 Å². The number of pyridine rings is 2. The fourth-order valence-corrected chi connectivity index (χ4v) is 5.37. The van der Waals surface area contributed by atoms with Crippen LogP contribution in [0.5, 0.6) is 0 Å². The van der Waals surface area contributed by atoms with Gasteiger partial charge in [0.15, 0.2) is 5.11 Å². The van der Waals surface area contributed by atoms with E-state index in [1.165, 1.54) is 17.0 Å². The first-order valence-electron chi connectivity index (χ1n) is 10.9. The van der Waals surface area contributed by atoms with Gasteiger partial charge in [0, 0.05) is 33.9 Å². The number of hydrogen-bond acceptors (Lipinski definition) is 3. The Hall–Kier alpha value is -3.03. The van der Waals surface area contributed by atoms with Crippen LogP contribution in [0.3, 0.4) is 0 Å². The lowest BCUT2D eigenvalue weighted by atomic mass is 9.96. The van der Waals surface area contributed by atoms with Crippen LogP contribution in [-0.4, -0.2) is 24.5 Å². The van der Waals surface area contributed by atoms with Gasteiger partial charge in [0.2, 0.25) is 0 Å². The molecule has 1 aromatic carbocycles. The highest BCUT2D eigenvalue weighted by molar-refractivity contribution is 9.10. The Bertz CT molecular complexity index is 1290. The van der Waals surface area contributed by atoms with E-state index in [1.807, 2.05) is 48.8 Å². The van der Waals surface area contributed by atoms with Crippen LogP contribution in [0, 0.1) is 13.8 Å². The summed E-state index contributed by atoms with van der Waals surface area (Å²) in [5.41, 5.74) is 6.68. The van der Waals surface area contributed by atoms with Gasteiger partial charge in [-0.2, -0.15) is 0 Å². The highest BCUT2D eigenvalue weighted by Crippen LogP contribution is 2.42. The molecule has 0 aliphatic carbocycles. The third kappa shape index (κ3) is 4.18. The molecule has 0 spiro atoms. The van der Waals surface area contributed by atoms with Crippen LogP contribution in [0.25, 0.3) is 5.69 Å². The summed E-state index contributed by atoms with van der Waals surface area (Å²) in [4.78, 5) is 11.5. The highest BCUT2D eigenvalue weighted by atomic mass is 79.9. The molecular formula is C26H24BrN5S. The van der Waals surface area contributed by atoms with Gasteiger partial charge in [-0.1, -0.05) is 34.1 Å². The molecular weight excluding hydrogens is 494 g/mol. The van der Waals surface area contributed by atoms with Crippen molar-refractivity contribution >= 4 is 33.3 Å². The minimum absolute atomic E-state index is 0.0125.